The van der Waals surface area contributed by atoms with Crippen molar-refractivity contribution in [3.8, 4) is 5.75 Å². The van der Waals surface area contributed by atoms with Crippen molar-refractivity contribution in [1.82, 2.24) is 0 Å². The van der Waals surface area contributed by atoms with Gasteiger partial charge in [0.15, 0.2) is 5.75 Å². The summed E-state index contributed by atoms with van der Waals surface area (Å²) in [7, 11) is 1.29. The highest BCUT2D eigenvalue weighted by Gasteiger charge is 2.18. The molecule has 0 aromatic heterocycles. The van der Waals surface area contributed by atoms with Crippen LogP contribution < -0.4 is 4.74 Å². The van der Waals surface area contributed by atoms with Crippen molar-refractivity contribution in [1.29, 1.82) is 0 Å². The summed E-state index contributed by atoms with van der Waals surface area (Å²) in [6.07, 6.45) is 1.48. The van der Waals surface area contributed by atoms with Crippen molar-refractivity contribution in [2.45, 2.75) is 13.5 Å². The van der Waals surface area contributed by atoms with E-state index in [1.807, 2.05) is 30.3 Å². The predicted molar refractivity (Wildman–Crippen MR) is 81.1 cm³/mol. The van der Waals surface area contributed by atoms with Crippen molar-refractivity contribution < 1.29 is 19.1 Å². The number of hydrogen-bond acceptors (Lipinski definition) is 5. The van der Waals surface area contributed by atoms with Crippen LogP contribution in [0.5, 0.6) is 5.75 Å². The molecule has 0 fully saturated rings. The number of nitrogens with zero attached hydrogens (tertiary/aromatic N) is 1. The van der Waals surface area contributed by atoms with E-state index < -0.39 is 5.97 Å². The number of rotatable bonds is 5. The zero-order chi connectivity index (χ0) is 15.9. The highest BCUT2D eigenvalue weighted by Crippen LogP contribution is 2.34. The van der Waals surface area contributed by atoms with Gasteiger partial charge in [-0.2, -0.15) is 4.99 Å². The number of carbonyl (C=O) groups excluding carboxylic acids is 2. The first kappa shape index (κ1) is 15.5. The molecule has 2 aromatic rings. The normalized spacial score (nSPS) is 9.73. The maximum atomic E-state index is 11.9. The molecule has 2 rings (SSSR count). The number of aliphatic imine (C=N–C) groups is 1. The lowest BCUT2D eigenvalue weighted by atomic mass is 10.1. The Labute approximate surface area is 128 Å². The summed E-state index contributed by atoms with van der Waals surface area (Å²) in [4.78, 5) is 26.1. The molecular weight excluding hydrogens is 282 g/mol. The van der Waals surface area contributed by atoms with Crippen LogP contribution in [0, 0.1) is 6.92 Å². The molecule has 0 aliphatic rings. The van der Waals surface area contributed by atoms with Gasteiger partial charge < -0.3 is 9.47 Å². The Bertz CT molecular complexity index is 719. The lowest BCUT2D eigenvalue weighted by molar-refractivity contribution is 0.0595. The number of ether oxygens (including phenoxy) is 2. The fraction of sp³-hybridized carbons (Fsp3) is 0.176. The van der Waals surface area contributed by atoms with E-state index in [9.17, 15) is 9.59 Å². The molecule has 0 unspecified atom stereocenters. The number of carbonyl (C=O) groups is 1. The van der Waals surface area contributed by atoms with E-state index in [0.29, 0.717) is 0 Å². The number of methoxy groups -OCH3 is 1. The van der Waals surface area contributed by atoms with Crippen LogP contribution in [-0.4, -0.2) is 19.2 Å². The molecule has 2 aromatic carbocycles. The van der Waals surface area contributed by atoms with E-state index in [1.165, 1.54) is 13.2 Å². The SMILES string of the molecule is COC(=O)c1cc(C)cc(N=C=O)c1OCc1ccccc1. The molecule has 0 saturated carbocycles. The van der Waals surface area contributed by atoms with E-state index in [4.69, 9.17) is 9.47 Å². The van der Waals surface area contributed by atoms with Gasteiger partial charge in [-0.25, -0.2) is 9.59 Å². The molecule has 0 heterocycles. The number of benzene rings is 2. The highest BCUT2D eigenvalue weighted by molar-refractivity contribution is 5.95. The van der Waals surface area contributed by atoms with Crippen molar-refractivity contribution >= 4 is 17.7 Å². The Hall–Kier alpha value is -2.91. The minimum atomic E-state index is -0.547. The summed E-state index contributed by atoms with van der Waals surface area (Å²) in [5.74, 6) is -0.334. The fourth-order valence-corrected chi connectivity index (χ4v) is 2.03. The molecule has 22 heavy (non-hydrogen) atoms. The molecule has 0 aliphatic heterocycles. The topological polar surface area (TPSA) is 65.0 Å². The van der Waals surface area contributed by atoms with Gasteiger partial charge in [-0.05, 0) is 30.2 Å². The van der Waals surface area contributed by atoms with E-state index in [-0.39, 0.29) is 23.6 Å². The Kier molecular flexibility index (Phi) is 5.07. The van der Waals surface area contributed by atoms with Crippen molar-refractivity contribution in [3.05, 3.63) is 59.2 Å². The van der Waals surface area contributed by atoms with Gasteiger partial charge in [-0.15, -0.1) is 0 Å². The third-order valence-corrected chi connectivity index (χ3v) is 3.01. The first-order valence-electron chi connectivity index (χ1n) is 6.63. The third-order valence-electron chi connectivity index (χ3n) is 3.01. The lowest BCUT2D eigenvalue weighted by Gasteiger charge is -2.13. The average molecular weight is 297 g/mol. The third kappa shape index (κ3) is 3.59. The zero-order valence-electron chi connectivity index (χ0n) is 12.3. The fourth-order valence-electron chi connectivity index (χ4n) is 2.03. The number of isocyanates is 1. The van der Waals surface area contributed by atoms with Gasteiger partial charge in [0.05, 0.1) is 7.11 Å². The van der Waals surface area contributed by atoms with Gasteiger partial charge in [0.25, 0.3) is 0 Å². The molecule has 0 radical (unpaired) electrons. The minimum absolute atomic E-state index is 0.213. The summed E-state index contributed by atoms with van der Waals surface area (Å²) in [6, 6.07) is 12.8. The van der Waals surface area contributed by atoms with Crippen LogP contribution in [0.25, 0.3) is 0 Å². The largest absolute Gasteiger partial charge is 0.486 e. The first-order valence-corrected chi connectivity index (χ1v) is 6.63. The predicted octanol–water partition coefficient (Wildman–Crippen LogP) is 3.33. The van der Waals surface area contributed by atoms with Crippen LogP contribution in [0.3, 0.4) is 0 Å². The number of esters is 1. The maximum Gasteiger partial charge on any atom is 0.341 e. The van der Waals surface area contributed by atoms with Gasteiger partial charge in [-0.1, -0.05) is 30.3 Å². The van der Waals surface area contributed by atoms with E-state index >= 15 is 0 Å². The molecule has 0 amide bonds. The molecule has 0 atom stereocenters. The summed E-state index contributed by atoms with van der Waals surface area (Å²) >= 11 is 0. The van der Waals surface area contributed by atoms with Gasteiger partial charge >= 0.3 is 5.97 Å². The van der Waals surface area contributed by atoms with E-state index in [0.717, 1.165) is 11.1 Å². The standard InChI is InChI=1S/C17H15NO4/c1-12-8-14(17(20)21-2)16(15(9-12)18-11-19)22-10-13-6-4-3-5-7-13/h3-9H,10H2,1-2H3. The van der Waals surface area contributed by atoms with Crippen LogP contribution in [-0.2, 0) is 16.1 Å². The average Bonchev–Trinajstić information content (AvgIpc) is 2.54. The van der Waals surface area contributed by atoms with Crippen molar-refractivity contribution in [3.63, 3.8) is 0 Å². The Morgan fingerprint density at radius 2 is 1.95 bits per heavy atom. The second kappa shape index (κ2) is 7.20. The molecule has 0 aliphatic carbocycles. The number of hydrogen-bond donors (Lipinski definition) is 0. The Morgan fingerprint density at radius 3 is 2.59 bits per heavy atom. The van der Waals surface area contributed by atoms with Gasteiger partial charge in [0, 0.05) is 0 Å². The quantitative estimate of drug-likeness (QED) is 0.482. The molecule has 5 nitrogen and oxygen atoms in total. The van der Waals surface area contributed by atoms with Crippen LogP contribution in [0.15, 0.2) is 47.5 Å². The molecule has 0 N–H and O–H groups in total. The summed E-state index contributed by atoms with van der Waals surface area (Å²) < 4.78 is 10.5. The van der Waals surface area contributed by atoms with Crippen molar-refractivity contribution in [2.75, 3.05) is 7.11 Å². The van der Waals surface area contributed by atoms with Gasteiger partial charge in [-0.3, -0.25) is 0 Å². The molecule has 0 bridgehead atoms. The number of aryl methyl sites for hydroxylation is 1. The molecule has 112 valence electrons. The summed E-state index contributed by atoms with van der Waals surface area (Å²) in [5.41, 5.74) is 2.18. The highest BCUT2D eigenvalue weighted by atomic mass is 16.5. The van der Waals surface area contributed by atoms with Crippen LogP contribution in [0.4, 0.5) is 5.69 Å². The molecule has 0 spiro atoms. The maximum absolute atomic E-state index is 11.9. The summed E-state index contributed by atoms with van der Waals surface area (Å²) in [6.45, 7) is 2.03. The van der Waals surface area contributed by atoms with Crippen LogP contribution in [0.1, 0.15) is 21.5 Å². The first-order chi connectivity index (χ1) is 10.7. The van der Waals surface area contributed by atoms with E-state index in [1.54, 1.807) is 19.1 Å². The second-order valence-electron chi connectivity index (χ2n) is 4.63. The molecule has 0 saturated heterocycles. The van der Waals surface area contributed by atoms with Gasteiger partial charge in [0.2, 0.25) is 6.08 Å². The molecule has 5 heteroatoms. The molecular formula is C17H15NO4. The Morgan fingerprint density at radius 1 is 1.23 bits per heavy atom. The van der Waals surface area contributed by atoms with Crippen molar-refractivity contribution in [2.24, 2.45) is 4.99 Å². The zero-order valence-corrected chi connectivity index (χ0v) is 12.3. The van der Waals surface area contributed by atoms with Crippen LogP contribution >= 0.6 is 0 Å². The minimum Gasteiger partial charge on any atom is -0.486 e. The second-order valence-corrected chi connectivity index (χ2v) is 4.63. The summed E-state index contributed by atoms with van der Waals surface area (Å²) in [5, 5.41) is 0. The Balaban J connectivity index is 2.41. The van der Waals surface area contributed by atoms with Gasteiger partial charge in [0.1, 0.15) is 17.9 Å². The monoisotopic (exact) mass is 297 g/mol. The smallest absolute Gasteiger partial charge is 0.341 e. The van der Waals surface area contributed by atoms with Crippen LogP contribution in [0.2, 0.25) is 0 Å². The lowest BCUT2D eigenvalue weighted by Crippen LogP contribution is -2.06. The van der Waals surface area contributed by atoms with E-state index in [2.05, 4.69) is 4.99 Å².